The minimum Gasteiger partial charge on any atom is -0.352 e. The van der Waals surface area contributed by atoms with Crippen LogP contribution in [-0.2, 0) is 26.2 Å². The van der Waals surface area contributed by atoms with E-state index in [1.807, 2.05) is 64.1 Å². The molecule has 0 radical (unpaired) electrons. The third kappa shape index (κ3) is 7.61. The molecule has 0 spiro atoms. The quantitative estimate of drug-likeness (QED) is 0.331. The smallest absolute Gasteiger partial charge is 0.264 e. The molecular weight excluding hydrogens is 534 g/mol. The molecule has 0 aliphatic heterocycles. The molecular formula is C30H36ClN3O4S. The Labute approximate surface area is 236 Å². The molecule has 1 N–H and O–H groups in total. The summed E-state index contributed by atoms with van der Waals surface area (Å²) in [6.45, 7) is 9.00. The molecule has 3 aromatic carbocycles. The summed E-state index contributed by atoms with van der Waals surface area (Å²) >= 11 is 6.00. The minimum absolute atomic E-state index is 0.00935. The average Bonchev–Trinajstić information content (AvgIpc) is 2.92. The van der Waals surface area contributed by atoms with Crippen molar-refractivity contribution in [1.82, 2.24) is 10.2 Å². The normalized spacial score (nSPS) is 12.9. The first-order chi connectivity index (χ1) is 18.4. The zero-order valence-electron chi connectivity index (χ0n) is 23.0. The van der Waals surface area contributed by atoms with Gasteiger partial charge in [0, 0.05) is 17.6 Å². The summed E-state index contributed by atoms with van der Waals surface area (Å²) < 4.78 is 28.9. The van der Waals surface area contributed by atoms with Crippen LogP contribution >= 0.6 is 11.6 Å². The summed E-state index contributed by atoms with van der Waals surface area (Å²) in [4.78, 5) is 28.5. The standard InChI is InChI=1S/C30H36ClN3O4S/c1-6-23(4)32-30(36)24(5)33(19-25-10-8-7-9-11-25)29(35)20-34(27-15-12-21(2)22(3)18-27)39(37,38)28-16-13-26(31)14-17-28/h7-18,23-24H,6,19-20H2,1-5H3,(H,32,36)/t23-,24+/m1/s1. The van der Waals surface area contributed by atoms with E-state index in [9.17, 15) is 18.0 Å². The van der Waals surface area contributed by atoms with Crippen molar-refractivity contribution >= 4 is 39.1 Å². The van der Waals surface area contributed by atoms with Crippen molar-refractivity contribution in [2.45, 2.75) is 64.6 Å². The number of nitrogens with zero attached hydrogens (tertiary/aromatic N) is 2. The number of sulfonamides is 1. The number of carbonyl (C=O) groups excluding carboxylic acids is 2. The molecule has 0 aromatic heterocycles. The molecule has 7 nitrogen and oxygen atoms in total. The fraction of sp³-hybridized carbons (Fsp3) is 0.333. The predicted molar refractivity (Wildman–Crippen MR) is 156 cm³/mol. The van der Waals surface area contributed by atoms with Crippen LogP contribution in [-0.4, -0.2) is 43.8 Å². The Morgan fingerprint density at radius 3 is 2.15 bits per heavy atom. The van der Waals surface area contributed by atoms with Crippen LogP contribution in [0.4, 0.5) is 5.69 Å². The van der Waals surface area contributed by atoms with Gasteiger partial charge in [0.05, 0.1) is 10.6 Å². The third-order valence-electron chi connectivity index (χ3n) is 6.82. The van der Waals surface area contributed by atoms with Gasteiger partial charge >= 0.3 is 0 Å². The Morgan fingerprint density at radius 2 is 1.56 bits per heavy atom. The SMILES string of the molecule is CC[C@@H](C)NC(=O)[C@H](C)N(Cc1ccccc1)C(=O)CN(c1ccc(C)c(C)c1)S(=O)(=O)c1ccc(Cl)cc1. The molecule has 0 saturated heterocycles. The van der Waals surface area contributed by atoms with Gasteiger partial charge in [0.2, 0.25) is 11.8 Å². The monoisotopic (exact) mass is 569 g/mol. The molecule has 0 bridgehead atoms. The van der Waals surface area contributed by atoms with Crippen LogP contribution in [0, 0.1) is 13.8 Å². The molecule has 2 amide bonds. The van der Waals surface area contributed by atoms with E-state index >= 15 is 0 Å². The van der Waals surface area contributed by atoms with Crippen LogP contribution < -0.4 is 9.62 Å². The first kappa shape index (κ1) is 30.2. The van der Waals surface area contributed by atoms with Gasteiger partial charge in [-0.2, -0.15) is 0 Å². The number of amides is 2. The lowest BCUT2D eigenvalue weighted by Gasteiger charge is -2.32. The maximum atomic E-state index is 13.9. The van der Waals surface area contributed by atoms with Crippen LogP contribution in [0.5, 0.6) is 0 Å². The molecule has 0 unspecified atom stereocenters. The van der Waals surface area contributed by atoms with Gasteiger partial charge in [-0.15, -0.1) is 0 Å². The summed E-state index contributed by atoms with van der Waals surface area (Å²) in [5, 5.41) is 3.33. The molecule has 0 aliphatic carbocycles. The van der Waals surface area contributed by atoms with Crippen molar-refractivity contribution in [3.05, 3.63) is 94.5 Å². The zero-order chi connectivity index (χ0) is 28.7. The molecule has 0 fully saturated rings. The van der Waals surface area contributed by atoms with Gasteiger partial charge in [0.25, 0.3) is 10.0 Å². The van der Waals surface area contributed by atoms with Crippen molar-refractivity contribution < 1.29 is 18.0 Å². The number of halogens is 1. The number of rotatable bonds is 11. The number of nitrogens with one attached hydrogen (secondary N) is 1. The first-order valence-corrected chi connectivity index (χ1v) is 14.7. The van der Waals surface area contributed by atoms with Crippen molar-refractivity contribution in [1.29, 1.82) is 0 Å². The van der Waals surface area contributed by atoms with E-state index < -0.39 is 28.5 Å². The van der Waals surface area contributed by atoms with E-state index in [-0.39, 0.29) is 23.4 Å². The van der Waals surface area contributed by atoms with Crippen LogP contribution in [0.1, 0.15) is 43.9 Å². The Kier molecular flexibility index (Phi) is 10.2. The molecule has 0 saturated carbocycles. The van der Waals surface area contributed by atoms with Gasteiger partial charge in [-0.3, -0.25) is 13.9 Å². The summed E-state index contributed by atoms with van der Waals surface area (Å²) in [6, 6.07) is 19.5. The Bertz CT molecular complexity index is 1400. The second kappa shape index (κ2) is 13.1. The number of hydrogen-bond acceptors (Lipinski definition) is 4. The lowest BCUT2D eigenvalue weighted by atomic mass is 10.1. The highest BCUT2D eigenvalue weighted by molar-refractivity contribution is 7.92. The van der Waals surface area contributed by atoms with Crippen LogP contribution in [0.2, 0.25) is 5.02 Å². The van der Waals surface area contributed by atoms with Crippen molar-refractivity contribution in [2.24, 2.45) is 0 Å². The first-order valence-electron chi connectivity index (χ1n) is 12.9. The molecule has 2 atom stereocenters. The second-order valence-electron chi connectivity index (χ2n) is 9.74. The van der Waals surface area contributed by atoms with E-state index in [1.165, 1.54) is 29.2 Å². The number of anilines is 1. The Balaban J connectivity index is 2.04. The second-order valence-corrected chi connectivity index (χ2v) is 12.0. The minimum atomic E-state index is -4.14. The fourth-order valence-electron chi connectivity index (χ4n) is 3.97. The van der Waals surface area contributed by atoms with Crippen LogP contribution in [0.15, 0.2) is 77.7 Å². The Hall–Kier alpha value is -3.36. The number of carbonyl (C=O) groups is 2. The summed E-state index contributed by atoms with van der Waals surface area (Å²) in [6.07, 6.45) is 0.741. The zero-order valence-corrected chi connectivity index (χ0v) is 24.6. The average molecular weight is 570 g/mol. The highest BCUT2D eigenvalue weighted by Crippen LogP contribution is 2.27. The van der Waals surface area contributed by atoms with E-state index in [1.54, 1.807) is 19.1 Å². The van der Waals surface area contributed by atoms with Crippen LogP contribution in [0.25, 0.3) is 0 Å². The Morgan fingerprint density at radius 1 is 0.923 bits per heavy atom. The highest BCUT2D eigenvalue weighted by Gasteiger charge is 2.33. The molecule has 0 aliphatic rings. The van der Waals surface area contributed by atoms with Gasteiger partial charge in [-0.05, 0) is 87.2 Å². The molecule has 3 rings (SSSR count). The topological polar surface area (TPSA) is 86.8 Å². The van der Waals surface area contributed by atoms with Gasteiger partial charge in [0.15, 0.2) is 0 Å². The number of aryl methyl sites for hydroxylation is 2. The number of benzene rings is 3. The van der Waals surface area contributed by atoms with Gasteiger partial charge in [-0.25, -0.2) is 8.42 Å². The third-order valence-corrected chi connectivity index (χ3v) is 8.86. The molecule has 9 heteroatoms. The van der Waals surface area contributed by atoms with Gasteiger partial charge in [-0.1, -0.05) is 54.9 Å². The lowest BCUT2D eigenvalue weighted by molar-refractivity contribution is -0.139. The predicted octanol–water partition coefficient (Wildman–Crippen LogP) is 5.48. The summed E-state index contributed by atoms with van der Waals surface area (Å²) in [5.74, 6) is -0.798. The highest BCUT2D eigenvalue weighted by atomic mass is 35.5. The van der Waals surface area contributed by atoms with Gasteiger partial charge < -0.3 is 10.2 Å². The summed E-state index contributed by atoms with van der Waals surface area (Å²) in [5.41, 5.74) is 3.07. The van der Waals surface area contributed by atoms with Crippen molar-refractivity contribution in [3.8, 4) is 0 Å². The molecule has 208 valence electrons. The van der Waals surface area contributed by atoms with E-state index in [0.29, 0.717) is 10.7 Å². The van der Waals surface area contributed by atoms with Crippen LogP contribution in [0.3, 0.4) is 0 Å². The fourth-order valence-corrected chi connectivity index (χ4v) is 5.50. The van der Waals surface area contributed by atoms with Crippen molar-refractivity contribution in [3.63, 3.8) is 0 Å². The maximum absolute atomic E-state index is 13.9. The largest absolute Gasteiger partial charge is 0.352 e. The molecule has 39 heavy (non-hydrogen) atoms. The van der Waals surface area contributed by atoms with Gasteiger partial charge in [0.1, 0.15) is 12.6 Å². The maximum Gasteiger partial charge on any atom is 0.264 e. The molecule has 3 aromatic rings. The van der Waals surface area contributed by atoms with E-state index in [4.69, 9.17) is 11.6 Å². The lowest BCUT2D eigenvalue weighted by Crippen LogP contribution is -2.52. The van der Waals surface area contributed by atoms with E-state index in [2.05, 4.69) is 5.32 Å². The van der Waals surface area contributed by atoms with E-state index in [0.717, 1.165) is 27.4 Å². The van der Waals surface area contributed by atoms with Crippen molar-refractivity contribution in [2.75, 3.05) is 10.8 Å². The summed E-state index contributed by atoms with van der Waals surface area (Å²) in [7, 11) is -4.14. The number of hydrogen-bond donors (Lipinski definition) is 1. The molecule has 0 heterocycles.